The summed E-state index contributed by atoms with van der Waals surface area (Å²) in [7, 11) is 0. The molecule has 3 N–H and O–H groups in total. The summed E-state index contributed by atoms with van der Waals surface area (Å²) in [6, 6.07) is 5.13. The molecule has 0 spiro atoms. The Morgan fingerprint density at radius 3 is 2.79 bits per heavy atom. The molecule has 0 saturated carbocycles. The minimum atomic E-state index is -0.399. The van der Waals surface area contributed by atoms with Crippen LogP contribution in [0.3, 0.4) is 0 Å². The molecule has 1 aromatic carbocycles. The predicted molar refractivity (Wildman–Crippen MR) is 76.7 cm³/mol. The van der Waals surface area contributed by atoms with Crippen LogP contribution in [0.15, 0.2) is 22.7 Å². The molecule has 2 rings (SSSR count). The molecular formula is C13H16BrN3O2. The lowest BCUT2D eigenvalue weighted by atomic mass is 10.0. The minimum Gasteiger partial charge on any atom is -0.350 e. The Labute approximate surface area is 120 Å². The topological polar surface area (TPSA) is 75.4 Å². The number of halogens is 1. The number of nitrogens with two attached hydrogens (primary N) is 1. The van der Waals surface area contributed by atoms with Crippen LogP contribution in [0.25, 0.3) is 0 Å². The largest absolute Gasteiger partial charge is 0.350 e. The van der Waals surface area contributed by atoms with Crippen LogP contribution in [-0.2, 0) is 9.59 Å². The van der Waals surface area contributed by atoms with Crippen molar-refractivity contribution in [1.82, 2.24) is 5.32 Å². The number of amides is 2. The van der Waals surface area contributed by atoms with Crippen molar-refractivity contribution in [1.29, 1.82) is 0 Å². The lowest BCUT2D eigenvalue weighted by Crippen LogP contribution is -2.57. The highest BCUT2D eigenvalue weighted by molar-refractivity contribution is 9.10. The van der Waals surface area contributed by atoms with Crippen molar-refractivity contribution in [2.24, 2.45) is 5.73 Å². The van der Waals surface area contributed by atoms with Gasteiger partial charge in [0.15, 0.2) is 0 Å². The van der Waals surface area contributed by atoms with Crippen LogP contribution in [0.4, 0.5) is 5.69 Å². The van der Waals surface area contributed by atoms with Gasteiger partial charge in [0.05, 0.1) is 6.54 Å². The fourth-order valence-corrected chi connectivity index (χ4v) is 2.51. The SMILES string of the molecule is CC(N)c1ccc(Br)cc1N1CC(=O)NC(=O)C1C. The molecule has 1 heterocycles. The lowest BCUT2D eigenvalue weighted by Gasteiger charge is -2.35. The van der Waals surface area contributed by atoms with Gasteiger partial charge in [0, 0.05) is 16.2 Å². The third-order valence-corrected chi connectivity index (χ3v) is 3.71. The molecule has 2 amide bonds. The van der Waals surface area contributed by atoms with Gasteiger partial charge in [-0.3, -0.25) is 14.9 Å². The third kappa shape index (κ3) is 2.79. The summed E-state index contributed by atoms with van der Waals surface area (Å²) in [6.45, 7) is 3.81. The highest BCUT2D eigenvalue weighted by atomic mass is 79.9. The number of piperazine rings is 1. The van der Waals surface area contributed by atoms with Crippen molar-refractivity contribution in [2.75, 3.05) is 11.4 Å². The molecule has 5 nitrogen and oxygen atoms in total. The van der Waals surface area contributed by atoms with E-state index in [0.717, 1.165) is 15.7 Å². The van der Waals surface area contributed by atoms with E-state index in [1.54, 1.807) is 11.8 Å². The lowest BCUT2D eigenvalue weighted by molar-refractivity contribution is -0.132. The number of benzene rings is 1. The van der Waals surface area contributed by atoms with Gasteiger partial charge in [0.2, 0.25) is 11.8 Å². The molecule has 1 aliphatic heterocycles. The zero-order chi connectivity index (χ0) is 14.2. The molecule has 0 aliphatic carbocycles. The molecule has 1 fully saturated rings. The van der Waals surface area contributed by atoms with Crippen LogP contribution in [0.1, 0.15) is 25.5 Å². The first kappa shape index (κ1) is 14.0. The average molecular weight is 326 g/mol. The molecule has 1 aliphatic rings. The highest BCUT2D eigenvalue weighted by Gasteiger charge is 2.31. The van der Waals surface area contributed by atoms with Gasteiger partial charge in [-0.1, -0.05) is 22.0 Å². The van der Waals surface area contributed by atoms with E-state index >= 15 is 0 Å². The van der Waals surface area contributed by atoms with Crippen LogP contribution >= 0.6 is 15.9 Å². The summed E-state index contributed by atoms with van der Waals surface area (Å²) in [5.74, 6) is -0.578. The summed E-state index contributed by atoms with van der Waals surface area (Å²) < 4.78 is 0.887. The Morgan fingerprint density at radius 2 is 2.16 bits per heavy atom. The first-order chi connectivity index (χ1) is 8.90. The first-order valence-corrected chi connectivity index (χ1v) is 6.85. The summed E-state index contributed by atoms with van der Waals surface area (Å²) in [5.41, 5.74) is 7.69. The van der Waals surface area contributed by atoms with Crippen molar-refractivity contribution in [3.63, 3.8) is 0 Å². The molecule has 102 valence electrons. The van der Waals surface area contributed by atoms with Gasteiger partial charge in [-0.05, 0) is 31.5 Å². The number of hydrogen-bond donors (Lipinski definition) is 2. The first-order valence-electron chi connectivity index (χ1n) is 6.05. The number of imide groups is 1. The number of rotatable bonds is 2. The van der Waals surface area contributed by atoms with Gasteiger partial charge in [-0.25, -0.2) is 0 Å². The van der Waals surface area contributed by atoms with Crippen molar-refractivity contribution in [3.8, 4) is 0 Å². The molecule has 6 heteroatoms. The Morgan fingerprint density at radius 1 is 1.47 bits per heavy atom. The normalized spacial score (nSPS) is 21.3. The van der Waals surface area contributed by atoms with E-state index in [1.807, 2.05) is 25.1 Å². The monoisotopic (exact) mass is 325 g/mol. The quantitative estimate of drug-likeness (QED) is 0.804. The predicted octanol–water partition coefficient (Wildman–Crippen LogP) is 1.32. The summed E-state index contributed by atoms with van der Waals surface area (Å²) >= 11 is 3.41. The van der Waals surface area contributed by atoms with Crippen molar-refractivity contribution in [2.45, 2.75) is 25.9 Å². The molecule has 0 bridgehead atoms. The maximum atomic E-state index is 11.7. The number of nitrogens with one attached hydrogen (secondary N) is 1. The van der Waals surface area contributed by atoms with Crippen LogP contribution < -0.4 is 16.0 Å². The van der Waals surface area contributed by atoms with E-state index < -0.39 is 6.04 Å². The van der Waals surface area contributed by atoms with Crippen LogP contribution in [0.5, 0.6) is 0 Å². The smallest absolute Gasteiger partial charge is 0.249 e. The Balaban J connectivity index is 2.47. The molecule has 1 saturated heterocycles. The standard InChI is InChI=1S/C13H16BrN3O2/c1-7(15)10-4-3-9(14)5-11(10)17-6-12(18)16-13(19)8(17)2/h3-5,7-8H,6,15H2,1-2H3,(H,16,18,19). The van der Waals surface area contributed by atoms with Gasteiger partial charge in [0.25, 0.3) is 0 Å². The minimum absolute atomic E-state index is 0.156. The molecule has 1 aromatic rings. The van der Waals surface area contributed by atoms with Crippen molar-refractivity contribution >= 4 is 33.4 Å². The Kier molecular flexibility index (Phi) is 3.91. The van der Waals surface area contributed by atoms with Gasteiger partial charge in [-0.15, -0.1) is 0 Å². The molecule has 0 aromatic heterocycles. The second kappa shape index (κ2) is 5.30. The van der Waals surface area contributed by atoms with E-state index in [1.165, 1.54) is 0 Å². The fourth-order valence-electron chi connectivity index (χ4n) is 2.16. The number of hydrogen-bond acceptors (Lipinski definition) is 4. The second-order valence-corrected chi connectivity index (χ2v) is 5.62. The summed E-state index contributed by atoms with van der Waals surface area (Å²) in [6.07, 6.45) is 0. The fraction of sp³-hybridized carbons (Fsp3) is 0.385. The zero-order valence-electron chi connectivity index (χ0n) is 10.8. The van der Waals surface area contributed by atoms with Gasteiger partial charge in [0.1, 0.15) is 6.04 Å². The van der Waals surface area contributed by atoms with Crippen LogP contribution in [0, 0.1) is 0 Å². The summed E-state index contributed by atoms with van der Waals surface area (Å²) in [4.78, 5) is 25.1. The van der Waals surface area contributed by atoms with E-state index in [0.29, 0.717) is 0 Å². The number of anilines is 1. The van der Waals surface area contributed by atoms with Crippen LogP contribution in [-0.4, -0.2) is 24.4 Å². The van der Waals surface area contributed by atoms with Gasteiger partial charge >= 0.3 is 0 Å². The van der Waals surface area contributed by atoms with E-state index in [-0.39, 0.29) is 24.4 Å². The number of carbonyl (C=O) groups is 2. The van der Waals surface area contributed by atoms with Crippen molar-refractivity contribution < 1.29 is 9.59 Å². The second-order valence-electron chi connectivity index (χ2n) is 4.71. The van der Waals surface area contributed by atoms with Crippen LogP contribution in [0.2, 0.25) is 0 Å². The van der Waals surface area contributed by atoms with Gasteiger partial charge < -0.3 is 10.6 Å². The maximum Gasteiger partial charge on any atom is 0.249 e. The number of nitrogens with zero attached hydrogens (tertiary/aromatic N) is 1. The van der Waals surface area contributed by atoms with E-state index in [2.05, 4.69) is 21.2 Å². The Bertz CT molecular complexity index is 531. The molecule has 2 atom stereocenters. The summed E-state index contributed by atoms with van der Waals surface area (Å²) in [5, 5.41) is 2.33. The van der Waals surface area contributed by atoms with E-state index in [4.69, 9.17) is 5.73 Å². The van der Waals surface area contributed by atoms with Gasteiger partial charge in [-0.2, -0.15) is 0 Å². The Hall–Kier alpha value is -1.40. The molecule has 19 heavy (non-hydrogen) atoms. The highest BCUT2D eigenvalue weighted by Crippen LogP contribution is 2.30. The third-order valence-electron chi connectivity index (χ3n) is 3.22. The average Bonchev–Trinajstić information content (AvgIpc) is 2.33. The van der Waals surface area contributed by atoms with E-state index in [9.17, 15) is 9.59 Å². The maximum absolute atomic E-state index is 11.7. The molecular weight excluding hydrogens is 310 g/mol. The zero-order valence-corrected chi connectivity index (χ0v) is 12.4. The van der Waals surface area contributed by atoms with Crippen molar-refractivity contribution in [3.05, 3.63) is 28.2 Å². The number of carbonyl (C=O) groups excluding carboxylic acids is 2. The molecule has 0 radical (unpaired) electrons. The molecule has 2 unspecified atom stereocenters.